The largest absolute Gasteiger partial charge is 0.514 e. The lowest BCUT2D eigenvalue weighted by molar-refractivity contribution is -0.132. The van der Waals surface area contributed by atoms with E-state index in [1.165, 1.54) is 0 Å². The first kappa shape index (κ1) is 30.2. The van der Waals surface area contributed by atoms with E-state index in [-0.39, 0.29) is 30.8 Å². The van der Waals surface area contributed by atoms with Crippen LogP contribution in [0.4, 0.5) is 4.79 Å². The third-order valence-corrected chi connectivity index (χ3v) is 8.04. The highest BCUT2D eigenvalue weighted by atomic mass is 79.9. The van der Waals surface area contributed by atoms with E-state index in [2.05, 4.69) is 31.5 Å². The molecule has 1 atom stereocenters. The summed E-state index contributed by atoms with van der Waals surface area (Å²) in [5.74, 6) is 0.243. The molecule has 0 saturated heterocycles. The Morgan fingerprint density at radius 1 is 0.951 bits per heavy atom. The third-order valence-electron chi connectivity index (χ3n) is 7.27. The van der Waals surface area contributed by atoms with Crippen molar-refractivity contribution >= 4 is 33.9 Å². The van der Waals surface area contributed by atoms with Crippen molar-refractivity contribution in [2.45, 2.75) is 51.3 Å². The van der Waals surface area contributed by atoms with Gasteiger partial charge in [0.25, 0.3) is 0 Å². The number of carbonyl (C=O) groups excluding carboxylic acids is 3. The van der Waals surface area contributed by atoms with Gasteiger partial charge in [-0.25, -0.2) is 4.79 Å². The van der Waals surface area contributed by atoms with Crippen LogP contribution in [0.15, 0.2) is 77.5 Å². The Bertz CT molecular complexity index is 1300. The van der Waals surface area contributed by atoms with E-state index in [0.717, 1.165) is 46.8 Å². The van der Waals surface area contributed by atoms with Crippen LogP contribution in [0.1, 0.15) is 42.4 Å². The zero-order valence-corrected chi connectivity index (χ0v) is 24.3. The zero-order chi connectivity index (χ0) is 29.0. The number of ether oxygens (including phenoxy) is 2. The van der Waals surface area contributed by atoms with Crippen molar-refractivity contribution in [3.05, 3.63) is 94.2 Å². The number of pyridine rings is 1. The summed E-state index contributed by atoms with van der Waals surface area (Å²) in [7, 11) is 0. The number of nitrogens with two attached hydrogens (primary N) is 1. The number of rotatable bonds is 11. The van der Waals surface area contributed by atoms with Gasteiger partial charge in [-0.05, 0) is 79.6 Å². The first-order chi connectivity index (χ1) is 19.9. The highest BCUT2D eigenvalue weighted by molar-refractivity contribution is 9.10. The van der Waals surface area contributed by atoms with Gasteiger partial charge in [0.2, 0.25) is 11.8 Å². The fraction of sp³-hybridized carbons (Fsp3) is 0.355. The Kier molecular flexibility index (Phi) is 11.3. The third kappa shape index (κ3) is 9.40. The maximum absolute atomic E-state index is 13.2. The summed E-state index contributed by atoms with van der Waals surface area (Å²) in [6.07, 6.45) is 6.15. The van der Waals surface area contributed by atoms with E-state index in [0.29, 0.717) is 24.8 Å². The summed E-state index contributed by atoms with van der Waals surface area (Å²) in [4.78, 5) is 42.5. The second kappa shape index (κ2) is 15.3. The minimum Gasteiger partial charge on any atom is -0.429 e. The van der Waals surface area contributed by atoms with Crippen LogP contribution in [0.5, 0.6) is 5.75 Å². The van der Waals surface area contributed by atoms with Gasteiger partial charge < -0.3 is 25.8 Å². The first-order valence-electron chi connectivity index (χ1n) is 13.7. The molecule has 0 unspecified atom stereocenters. The molecule has 10 heteroatoms. The second-order valence-electron chi connectivity index (χ2n) is 10.2. The molecule has 1 saturated carbocycles. The summed E-state index contributed by atoms with van der Waals surface area (Å²) in [5.41, 5.74) is 8.33. The molecule has 1 heterocycles. The van der Waals surface area contributed by atoms with Crippen LogP contribution in [0.3, 0.4) is 0 Å². The Labute approximate surface area is 248 Å². The molecule has 216 valence electrons. The highest BCUT2D eigenvalue weighted by Gasteiger charge is 2.29. The van der Waals surface area contributed by atoms with Gasteiger partial charge in [0.05, 0.1) is 0 Å². The average Bonchev–Trinajstić information content (AvgIpc) is 3.00. The zero-order valence-electron chi connectivity index (χ0n) is 22.8. The minimum atomic E-state index is -0.821. The molecule has 0 aliphatic heterocycles. The molecule has 2 aromatic carbocycles. The van der Waals surface area contributed by atoms with Crippen LogP contribution < -0.4 is 21.1 Å². The molecule has 41 heavy (non-hydrogen) atoms. The van der Waals surface area contributed by atoms with Gasteiger partial charge in [0.1, 0.15) is 18.4 Å². The molecule has 0 spiro atoms. The Morgan fingerprint density at radius 2 is 1.66 bits per heavy atom. The van der Waals surface area contributed by atoms with Gasteiger partial charge >= 0.3 is 6.16 Å². The molecule has 1 aliphatic rings. The molecule has 1 fully saturated rings. The minimum absolute atomic E-state index is 0.0716. The predicted octanol–water partition coefficient (Wildman–Crippen LogP) is 4.67. The van der Waals surface area contributed by atoms with E-state index >= 15 is 0 Å². The van der Waals surface area contributed by atoms with E-state index in [1.54, 1.807) is 36.7 Å². The van der Waals surface area contributed by atoms with Crippen LogP contribution in [-0.4, -0.2) is 35.5 Å². The van der Waals surface area contributed by atoms with Gasteiger partial charge in [-0.2, -0.15) is 0 Å². The molecule has 0 radical (unpaired) electrons. The number of hydrogen-bond acceptors (Lipinski definition) is 7. The molecule has 4 N–H and O–H groups in total. The highest BCUT2D eigenvalue weighted by Crippen LogP contribution is 2.28. The van der Waals surface area contributed by atoms with Gasteiger partial charge in [-0.1, -0.05) is 46.3 Å². The summed E-state index contributed by atoms with van der Waals surface area (Å²) >= 11 is 3.42. The smallest absolute Gasteiger partial charge is 0.429 e. The number of nitrogens with zero attached hydrogens (tertiary/aromatic N) is 1. The summed E-state index contributed by atoms with van der Waals surface area (Å²) < 4.78 is 11.3. The molecule has 2 amide bonds. The summed E-state index contributed by atoms with van der Waals surface area (Å²) in [6.45, 7) is 1.03. The molecule has 1 aliphatic carbocycles. The van der Waals surface area contributed by atoms with E-state index in [1.807, 2.05) is 36.4 Å². The lowest BCUT2D eigenvalue weighted by atomic mass is 9.81. The van der Waals surface area contributed by atoms with Crippen LogP contribution in [0.2, 0.25) is 0 Å². The second-order valence-corrected chi connectivity index (χ2v) is 11.0. The van der Waals surface area contributed by atoms with E-state index in [9.17, 15) is 14.4 Å². The van der Waals surface area contributed by atoms with Gasteiger partial charge in [0.15, 0.2) is 0 Å². The lowest BCUT2D eigenvalue weighted by Crippen LogP contribution is -2.50. The van der Waals surface area contributed by atoms with Crippen LogP contribution in [0, 0.1) is 11.8 Å². The van der Waals surface area contributed by atoms with Gasteiger partial charge in [-0.15, -0.1) is 0 Å². The quantitative estimate of drug-likeness (QED) is 0.209. The fourth-order valence-electron chi connectivity index (χ4n) is 4.78. The number of benzene rings is 2. The van der Waals surface area contributed by atoms with Crippen LogP contribution in [0.25, 0.3) is 0 Å². The Hall–Kier alpha value is -3.76. The van der Waals surface area contributed by atoms with Gasteiger partial charge in [0, 0.05) is 41.3 Å². The number of hydrogen-bond donors (Lipinski definition) is 3. The molecule has 1 aromatic heterocycles. The molecular weight excluding hydrogens is 588 g/mol. The van der Waals surface area contributed by atoms with Crippen molar-refractivity contribution < 1.29 is 23.9 Å². The number of halogens is 1. The maximum atomic E-state index is 13.2. The Morgan fingerprint density at radius 3 is 2.34 bits per heavy atom. The number of nitrogens with one attached hydrogen (secondary N) is 2. The van der Waals surface area contributed by atoms with Gasteiger partial charge in [-0.3, -0.25) is 14.6 Å². The number of amides is 2. The van der Waals surface area contributed by atoms with Crippen molar-refractivity contribution in [2.24, 2.45) is 17.6 Å². The maximum Gasteiger partial charge on any atom is 0.514 e. The van der Waals surface area contributed by atoms with Crippen molar-refractivity contribution in [1.29, 1.82) is 0 Å². The summed E-state index contributed by atoms with van der Waals surface area (Å²) in [5, 5.41) is 5.91. The van der Waals surface area contributed by atoms with Crippen molar-refractivity contribution in [1.82, 2.24) is 15.6 Å². The standard InChI is InChI=1S/C31H35BrN4O5/c32-27-4-2-1-3-25(27)20-40-31(39)41-26-11-7-21(8-12-26)17-28(30(38)35-19-23-13-15-34-16-14-23)36-29(37)24-9-5-22(18-33)6-10-24/h1-4,7-8,11-16,22,24,28H,5-6,9-10,17-20,33H2,(H,35,38)(H,36,37)/t22?,24?,28-/m0/s1. The van der Waals surface area contributed by atoms with Crippen LogP contribution in [-0.2, 0) is 33.9 Å². The fourth-order valence-corrected chi connectivity index (χ4v) is 5.18. The molecule has 3 aromatic rings. The molecular formula is C31H35BrN4O5. The van der Waals surface area contributed by atoms with E-state index in [4.69, 9.17) is 15.2 Å². The molecule has 0 bridgehead atoms. The number of aromatic nitrogens is 1. The van der Waals surface area contributed by atoms with Crippen LogP contribution >= 0.6 is 15.9 Å². The SMILES string of the molecule is NCC1CCC(C(=O)N[C@@H](Cc2ccc(OC(=O)OCc3ccccc3Br)cc2)C(=O)NCc2ccncc2)CC1. The Balaban J connectivity index is 1.35. The topological polar surface area (TPSA) is 133 Å². The summed E-state index contributed by atoms with van der Waals surface area (Å²) in [6, 6.07) is 17.1. The van der Waals surface area contributed by atoms with Crippen molar-refractivity contribution in [3.63, 3.8) is 0 Å². The average molecular weight is 624 g/mol. The lowest BCUT2D eigenvalue weighted by Gasteiger charge is -2.28. The van der Waals surface area contributed by atoms with E-state index < -0.39 is 12.2 Å². The first-order valence-corrected chi connectivity index (χ1v) is 14.5. The molecule has 4 rings (SSSR count). The monoisotopic (exact) mass is 622 g/mol. The normalized spacial score (nSPS) is 17.2. The molecule has 9 nitrogen and oxygen atoms in total. The predicted molar refractivity (Wildman–Crippen MR) is 158 cm³/mol. The van der Waals surface area contributed by atoms with Crippen molar-refractivity contribution in [2.75, 3.05) is 6.54 Å². The van der Waals surface area contributed by atoms with Crippen molar-refractivity contribution in [3.8, 4) is 5.75 Å². The number of carbonyl (C=O) groups is 3.